The maximum atomic E-state index is 10.8. The van der Waals surface area contributed by atoms with E-state index >= 15 is 0 Å². The zero-order valence-corrected chi connectivity index (χ0v) is 15.1. The van der Waals surface area contributed by atoms with Gasteiger partial charge in [0.15, 0.2) is 0 Å². The Bertz CT molecular complexity index is 465. The van der Waals surface area contributed by atoms with Crippen LogP contribution in [0.5, 0.6) is 0 Å². The van der Waals surface area contributed by atoms with Gasteiger partial charge in [-0.2, -0.15) is 0 Å². The van der Waals surface area contributed by atoms with Crippen LogP contribution in [0.15, 0.2) is 36.4 Å². The van der Waals surface area contributed by atoms with Crippen molar-refractivity contribution < 1.29 is 9.90 Å². The third-order valence-electron chi connectivity index (χ3n) is 4.15. The molecule has 1 rings (SSSR count). The van der Waals surface area contributed by atoms with Gasteiger partial charge in [-0.3, -0.25) is 0 Å². The molecule has 0 radical (unpaired) electrons. The molecule has 0 aliphatic heterocycles. The summed E-state index contributed by atoms with van der Waals surface area (Å²) < 4.78 is 0. The van der Waals surface area contributed by atoms with Gasteiger partial charge in [-0.05, 0) is 49.9 Å². The largest absolute Gasteiger partial charge is 0.478 e. The molecule has 2 N–H and O–H groups in total. The van der Waals surface area contributed by atoms with Crippen molar-refractivity contribution in [3.63, 3.8) is 0 Å². The Morgan fingerprint density at radius 2 is 1.50 bits per heavy atom. The first-order chi connectivity index (χ1) is 11.7. The summed E-state index contributed by atoms with van der Waals surface area (Å²) in [5.41, 5.74) is 1.31. The van der Waals surface area contributed by atoms with E-state index in [1.54, 1.807) is 12.1 Å². The van der Waals surface area contributed by atoms with E-state index in [1.165, 1.54) is 51.4 Å². The SMILES string of the molecule is CCCCCCCCC/C=C/CCCNc1ccc(C(=O)O)cc1. The van der Waals surface area contributed by atoms with Crippen molar-refractivity contribution in [1.29, 1.82) is 0 Å². The molecule has 1 aromatic carbocycles. The fourth-order valence-electron chi connectivity index (χ4n) is 2.64. The molecule has 0 spiro atoms. The van der Waals surface area contributed by atoms with Crippen molar-refractivity contribution in [3.05, 3.63) is 42.0 Å². The third kappa shape index (κ3) is 10.1. The molecule has 3 heteroatoms. The number of benzene rings is 1. The highest BCUT2D eigenvalue weighted by Gasteiger charge is 2.00. The highest BCUT2D eigenvalue weighted by Crippen LogP contribution is 2.10. The van der Waals surface area contributed by atoms with Crippen LogP contribution >= 0.6 is 0 Å². The van der Waals surface area contributed by atoms with Gasteiger partial charge < -0.3 is 10.4 Å². The van der Waals surface area contributed by atoms with E-state index < -0.39 is 5.97 Å². The van der Waals surface area contributed by atoms with E-state index in [0.29, 0.717) is 5.56 Å². The van der Waals surface area contributed by atoms with Gasteiger partial charge in [-0.1, -0.05) is 57.6 Å². The van der Waals surface area contributed by atoms with Crippen molar-refractivity contribution in [3.8, 4) is 0 Å². The summed E-state index contributed by atoms with van der Waals surface area (Å²) in [4.78, 5) is 10.8. The normalized spacial score (nSPS) is 11.0. The summed E-state index contributed by atoms with van der Waals surface area (Å²) in [6.07, 6.45) is 17.6. The average molecular weight is 332 g/mol. The summed E-state index contributed by atoms with van der Waals surface area (Å²) in [5.74, 6) is -0.882. The van der Waals surface area contributed by atoms with E-state index in [2.05, 4.69) is 24.4 Å². The average Bonchev–Trinajstić information content (AvgIpc) is 2.59. The van der Waals surface area contributed by atoms with Crippen molar-refractivity contribution in [2.24, 2.45) is 0 Å². The van der Waals surface area contributed by atoms with Crippen LogP contribution in [-0.4, -0.2) is 17.6 Å². The summed E-state index contributed by atoms with van der Waals surface area (Å²) in [5, 5.41) is 12.2. The second-order valence-electron chi connectivity index (χ2n) is 6.33. The fourth-order valence-corrected chi connectivity index (χ4v) is 2.64. The van der Waals surface area contributed by atoms with E-state index in [4.69, 9.17) is 5.11 Å². The predicted octanol–water partition coefficient (Wildman–Crippen LogP) is 6.27. The molecule has 0 aliphatic rings. The number of anilines is 1. The number of carbonyl (C=O) groups is 1. The molecule has 0 heterocycles. The molecule has 0 fully saturated rings. The van der Waals surface area contributed by atoms with E-state index in [9.17, 15) is 4.79 Å². The predicted molar refractivity (Wildman–Crippen MR) is 103 cm³/mol. The lowest BCUT2D eigenvalue weighted by atomic mass is 10.1. The van der Waals surface area contributed by atoms with Crippen LogP contribution in [0.25, 0.3) is 0 Å². The van der Waals surface area contributed by atoms with Crippen molar-refractivity contribution in [2.75, 3.05) is 11.9 Å². The molecular weight excluding hydrogens is 298 g/mol. The molecule has 0 aliphatic carbocycles. The number of allylic oxidation sites excluding steroid dienone is 2. The Morgan fingerprint density at radius 1 is 0.917 bits per heavy atom. The molecule has 0 atom stereocenters. The van der Waals surface area contributed by atoms with Gasteiger partial charge in [0.2, 0.25) is 0 Å². The number of nitrogens with one attached hydrogen (secondary N) is 1. The minimum atomic E-state index is -0.882. The molecule has 0 saturated heterocycles. The van der Waals surface area contributed by atoms with Gasteiger partial charge >= 0.3 is 5.97 Å². The number of unbranched alkanes of at least 4 members (excludes halogenated alkanes) is 8. The Kier molecular flexibility index (Phi) is 11.5. The standard InChI is InChI=1S/C21H33NO2/c1-2-3-4-5-6-7-8-9-10-11-12-13-18-22-20-16-14-19(15-17-20)21(23)24/h10-11,14-17,22H,2-9,12-13,18H2,1H3,(H,23,24)/b11-10+. The van der Waals surface area contributed by atoms with Crippen molar-refractivity contribution in [2.45, 2.75) is 71.1 Å². The van der Waals surface area contributed by atoms with Gasteiger partial charge in [0, 0.05) is 12.2 Å². The van der Waals surface area contributed by atoms with Crippen LogP contribution in [0.4, 0.5) is 5.69 Å². The summed E-state index contributed by atoms with van der Waals surface area (Å²) in [7, 11) is 0. The monoisotopic (exact) mass is 331 g/mol. The zero-order valence-electron chi connectivity index (χ0n) is 15.1. The summed E-state index contributed by atoms with van der Waals surface area (Å²) in [6, 6.07) is 6.90. The van der Waals surface area contributed by atoms with Crippen LogP contribution < -0.4 is 5.32 Å². The van der Waals surface area contributed by atoms with Gasteiger partial charge in [0.1, 0.15) is 0 Å². The first-order valence-electron chi connectivity index (χ1n) is 9.46. The first-order valence-corrected chi connectivity index (χ1v) is 9.46. The van der Waals surface area contributed by atoms with E-state index in [1.807, 2.05) is 12.1 Å². The second kappa shape index (κ2) is 13.6. The van der Waals surface area contributed by atoms with Gasteiger partial charge in [0.25, 0.3) is 0 Å². The highest BCUT2D eigenvalue weighted by molar-refractivity contribution is 5.87. The second-order valence-corrected chi connectivity index (χ2v) is 6.33. The molecule has 0 saturated carbocycles. The number of aromatic carboxylic acids is 1. The summed E-state index contributed by atoms with van der Waals surface area (Å²) >= 11 is 0. The molecule has 1 aromatic rings. The van der Waals surface area contributed by atoms with Crippen molar-refractivity contribution >= 4 is 11.7 Å². The summed E-state index contributed by atoms with van der Waals surface area (Å²) in [6.45, 7) is 3.17. The number of carboxylic acids is 1. The van der Waals surface area contributed by atoms with Crippen LogP contribution in [0.2, 0.25) is 0 Å². The van der Waals surface area contributed by atoms with Gasteiger partial charge in [-0.25, -0.2) is 4.79 Å². The lowest BCUT2D eigenvalue weighted by Gasteiger charge is -2.05. The van der Waals surface area contributed by atoms with Gasteiger partial charge in [-0.15, -0.1) is 0 Å². The number of carboxylic acid groups (broad SMARTS) is 1. The number of hydrogen-bond acceptors (Lipinski definition) is 2. The molecule has 24 heavy (non-hydrogen) atoms. The Morgan fingerprint density at radius 3 is 2.12 bits per heavy atom. The fraction of sp³-hybridized carbons (Fsp3) is 0.571. The topological polar surface area (TPSA) is 49.3 Å². The molecule has 0 aromatic heterocycles. The van der Waals surface area contributed by atoms with Crippen LogP contribution in [0, 0.1) is 0 Å². The quantitative estimate of drug-likeness (QED) is 0.312. The molecule has 0 amide bonds. The van der Waals surface area contributed by atoms with E-state index in [0.717, 1.165) is 25.1 Å². The minimum absolute atomic E-state index is 0.328. The lowest BCUT2D eigenvalue weighted by Crippen LogP contribution is -2.02. The zero-order chi connectivity index (χ0) is 17.5. The van der Waals surface area contributed by atoms with E-state index in [-0.39, 0.29) is 0 Å². The number of rotatable bonds is 14. The molecule has 0 bridgehead atoms. The van der Waals surface area contributed by atoms with Crippen LogP contribution in [0.1, 0.15) is 81.5 Å². The molecule has 3 nitrogen and oxygen atoms in total. The maximum Gasteiger partial charge on any atom is 0.335 e. The number of hydrogen-bond donors (Lipinski definition) is 2. The first kappa shape index (κ1) is 20.3. The van der Waals surface area contributed by atoms with Crippen LogP contribution in [0.3, 0.4) is 0 Å². The third-order valence-corrected chi connectivity index (χ3v) is 4.15. The Balaban J connectivity index is 1.95. The minimum Gasteiger partial charge on any atom is -0.478 e. The molecular formula is C21H33NO2. The molecule has 0 unspecified atom stereocenters. The Labute approximate surface area is 147 Å². The van der Waals surface area contributed by atoms with Gasteiger partial charge in [0.05, 0.1) is 5.56 Å². The smallest absolute Gasteiger partial charge is 0.335 e. The lowest BCUT2D eigenvalue weighted by molar-refractivity contribution is 0.0697. The van der Waals surface area contributed by atoms with Crippen LogP contribution in [-0.2, 0) is 0 Å². The molecule has 134 valence electrons. The Hall–Kier alpha value is -1.77. The maximum absolute atomic E-state index is 10.8. The van der Waals surface area contributed by atoms with Crippen molar-refractivity contribution in [1.82, 2.24) is 0 Å². The highest BCUT2D eigenvalue weighted by atomic mass is 16.4.